The van der Waals surface area contributed by atoms with Crippen LogP contribution in [-0.4, -0.2) is 42.4 Å². The molecule has 8 nitrogen and oxygen atoms in total. The molecule has 5 rings (SSSR count). The number of aromatic nitrogens is 2. The minimum atomic E-state index is -0.878. The van der Waals surface area contributed by atoms with Gasteiger partial charge in [0.15, 0.2) is 11.6 Å². The summed E-state index contributed by atoms with van der Waals surface area (Å²) < 4.78 is 24.6. The molecule has 2 heterocycles. The molecule has 1 aromatic heterocycles. The lowest BCUT2D eigenvalue weighted by Gasteiger charge is -2.39. The number of hydrogen-bond donors (Lipinski definition) is 3. The van der Waals surface area contributed by atoms with Gasteiger partial charge >= 0.3 is 0 Å². The van der Waals surface area contributed by atoms with E-state index in [4.69, 9.17) is 14.5 Å². The van der Waals surface area contributed by atoms with Crippen molar-refractivity contribution in [1.29, 1.82) is 0 Å². The Morgan fingerprint density at radius 1 is 0.842 bits per heavy atom. The first-order valence-corrected chi connectivity index (χ1v) is 12.4. The molecule has 3 aromatic carbocycles. The second kappa shape index (κ2) is 10.9. The van der Waals surface area contributed by atoms with Crippen molar-refractivity contribution >= 4 is 29.0 Å². The monoisotopic (exact) mass is 515 g/mol. The molecule has 0 saturated carbocycles. The maximum atomic E-state index is 14.3. The average molecular weight is 516 g/mol. The van der Waals surface area contributed by atoms with Crippen molar-refractivity contribution in [3.8, 4) is 11.5 Å². The zero-order valence-corrected chi connectivity index (χ0v) is 21.3. The minimum absolute atomic E-state index is 0.167. The van der Waals surface area contributed by atoms with Crippen molar-refractivity contribution in [2.75, 3.05) is 42.8 Å². The van der Waals surface area contributed by atoms with E-state index >= 15 is 0 Å². The van der Waals surface area contributed by atoms with Crippen molar-refractivity contribution < 1.29 is 19.0 Å². The molecular weight excluding hydrogens is 485 g/mol. The van der Waals surface area contributed by atoms with Crippen molar-refractivity contribution in [1.82, 2.24) is 9.97 Å². The third-order valence-electron chi connectivity index (χ3n) is 6.71. The lowest BCUT2D eigenvalue weighted by Crippen LogP contribution is -2.43. The van der Waals surface area contributed by atoms with Gasteiger partial charge in [0.05, 0.1) is 19.8 Å². The van der Waals surface area contributed by atoms with Crippen molar-refractivity contribution in [3.05, 3.63) is 90.2 Å². The van der Waals surface area contributed by atoms with Crippen LogP contribution in [0.3, 0.4) is 0 Å². The number of ether oxygens (including phenoxy) is 2. The van der Waals surface area contributed by atoms with Crippen LogP contribution in [0.1, 0.15) is 18.4 Å². The molecule has 38 heavy (non-hydrogen) atoms. The molecule has 0 atom stereocenters. The van der Waals surface area contributed by atoms with E-state index in [0.717, 1.165) is 17.0 Å². The Labute approximate surface area is 221 Å². The molecule has 0 aliphatic carbocycles. The van der Waals surface area contributed by atoms with Crippen LogP contribution in [0.5, 0.6) is 11.5 Å². The molecule has 196 valence electrons. The van der Waals surface area contributed by atoms with E-state index in [0.29, 0.717) is 49.2 Å². The van der Waals surface area contributed by atoms with Crippen LogP contribution in [0.25, 0.3) is 0 Å². The second-order valence-corrected chi connectivity index (χ2v) is 9.15. The Kier molecular flexibility index (Phi) is 7.28. The van der Waals surface area contributed by atoms with Crippen LogP contribution in [0.2, 0.25) is 0 Å². The largest absolute Gasteiger partial charge is 0.497 e. The third kappa shape index (κ3) is 5.63. The number of piperidine rings is 1. The molecule has 1 aliphatic heterocycles. The standard InChI is InChI=1S/C29H30FN5O3/c1-37-23-11-8-21(9-12-23)32-28-33-26(31-22-10-13-25(38-2)24(30)18-22)19-27(34-28)35-16-14-29(36,15-17-35)20-6-4-3-5-7-20/h3-13,18-19,36H,14-17H2,1-2H3,(H2,31,32,33,34). The number of hydrogen-bond acceptors (Lipinski definition) is 8. The van der Waals surface area contributed by atoms with Crippen molar-refractivity contribution in [2.24, 2.45) is 0 Å². The van der Waals surface area contributed by atoms with Gasteiger partial charge in [-0.2, -0.15) is 9.97 Å². The second-order valence-electron chi connectivity index (χ2n) is 9.15. The number of halogens is 1. The number of methoxy groups -OCH3 is 2. The fourth-order valence-corrected chi connectivity index (χ4v) is 4.55. The zero-order chi connectivity index (χ0) is 26.5. The molecule has 0 bridgehead atoms. The number of aliphatic hydroxyl groups is 1. The Bertz CT molecular complexity index is 1380. The lowest BCUT2D eigenvalue weighted by atomic mass is 9.84. The molecule has 1 aliphatic rings. The molecule has 9 heteroatoms. The summed E-state index contributed by atoms with van der Waals surface area (Å²) in [5, 5.41) is 17.7. The zero-order valence-electron chi connectivity index (χ0n) is 21.3. The van der Waals surface area contributed by atoms with E-state index in [2.05, 4.69) is 20.5 Å². The first kappa shape index (κ1) is 25.3. The van der Waals surface area contributed by atoms with Gasteiger partial charge in [0.1, 0.15) is 17.4 Å². The molecule has 0 amide bonds. The number of benzene rings is 3. The highest BCUT2D eigenvalue weighted by Gasteiger charge is 2.34. The average Bonchev–Trinajstić information content (AvgIpc) is 2.94. The smallest absolute Gasteiger partial charge is 0.231 e. The SMILES string of the molecule is COc1ccc(Nc2nc(Nc3ccc(OC)c(F)c3)cc(N3CCC(O)(c4ccccc4)CC3)n2)cc1. The van der Waals surface area contributed by atoms with E-state index in [1.165, 1.54) is 13.2 Å². The summed E-state index contributed by atoms with van der Waals surface area (Å²) in [6.07, 6.45) is 1.13. The van der Waals surface area contributed by atoms with Crippen molar-refractivity contribution in [2.45, 2.75) is 18.4 Å². The number of anilines is 5. The third-order valence-corrected chi connectivity index (χ3v) is 6.71. The van der Waals surface area contributed by atoms with Crippen LogP contribution in [0.4, 0.5) is 33.3 Å². The van der Waals surface area contributed by atoms with Gasteiger partial charge in [-0.1, -0.05) is 30.3 Å². The summed E-state index contributed by atoms with van der Waals surface area (Å²) in [6, 6.07) is 23.7. The maximum absolute atomic E-state index is 14.3. The van der Waals surface area contributed by atoms with Gasteiger partial charge < -0.3 is 30.1 Å². The highest BCUT2D eigenvalue weighted by atomic mass is 19.1. The molecule has 0 radical (unpaired) electrons. The van der Waals surface area contributed by atoms with Gasteiger partial charge in [-0.3, -0.25) is 0 Å². The summed E-state index contributed by atoms with van der Waals surface area (Å²) in [5.74, 6) is 2.02. The Hall–Kier alpha value is -4.37. The fourth-order valence-electron chi connectivity index (χ4n) is 4.55. The Balaban J connectivity index is 1.41. The van der Waals surface area contributed by atoms with E-state index in [1.54, 1.807) is 19.2 Å². The van der Waals surface area contributed by atoms with Crippen LogP contribution in [0, 0.1) is 5.82 Å². The van der Waals surface area contributed by atoms with E-state index < -0.39 is 11.4 Å². The normalized spacial score (nSPS) is 14.6. The first-order valence-electron chi connectivity index (χ1n) is 12.4. The Morgan fingerprint density at radius 3 is 2.21 bits per heavy atom. The summed E-state index contributed by atoms with van der Waals surface area (Å²) in [5.41, 5.74) is 1.37. The highest BCUT2D eigenvalue weighted by Crippen LogP contribution is 2.35. The molecular formula is C29H30FN5O3. The van der Waals surface area contributed by atoms with E-state index in [1.807, 2.05) is 60.7 Å². The summed E-state index contributed by atoms with van der Waals surface area (Å²) in [6.45, 7) is 1.22. The summed E-state index contributed by atoms with van der Waals surface area (Å²) >= 11 is 0. The topological polar surface area (TPSA) is 91.8 Å². The predicted molar refractivity (Wildman–Crippen MR) is 146 cm³/mol. The van der Waals surface area contributed by atoms with Gasteiger partial charge in [-0.15, -0.1) is 0 Å². The first-order chi connectivity index (χ1) is 18.5. The van der Waals surface area contributed by atoms with Crippen LogP contribution < -0.4 is 25.0 Å². The van der Waals surface area contributed by atoms with Gasteiger partial charge in [0, 0.05) is 36.6 Å². The molecule has 0 unspecified atom stereocenters. The van der Waals surface area contributed by atoms with E-state index in [9.17, 15) is 9.50 Å². The fraction of sp³-hybridized carbons (Fsp3) is 0.241. The summed E-state index contributed by atoms with van der Waals surface area (Å²) in [4.78, 5) is 11.5. The number of nitrogens with one attached hydrogen (secondary N) is 2. The van der Waals surface area contributed by atoms with Crippen molar-refractivity contribution in [3.63, 3.8) is 0 Å². The van der Waals surface area contributed by atoms with Crippen LogP contribution in [0.15, 0.2) is 78.9 Å². The quantitative estimate of drug-likeness (QED) is 0.279. The molecule has 0 spiro atoms. The maximum Gasteiger partial charge on any atom is 0.231 e. The Morgan fingerprint density at radius 2 is 1.55 bits per heavy atom. The van der Waals surface area contributed by atoms with Crippen LogP contribution in [-0.2, 0) is 5.60 Å². The molecule has 1 fully saturated rings. The van der Waals surface area contributed by atoms with Crippen LogP contribution >= 0.6 is 0 Å². The van der Waals surface area contributed by atoms with Gasteiger partial charge in [-0.05, 0) is 54.8 Å². The lowest BCUT2D eigenvalue weighted by molar-refractivity contribution is 0.0117. The minimum Gasteiger partial charge on any atom is -0.497 e. The molecule has 3 N–H and O–H groups in total. The number of rotatable bonds is 8. The van der Waals surface area contributed by atoms with Gasteiger partial charge in [0.25, 0.3) is 0 Å². The highest BCUT2D eigenvalue weighted by molar-refractivity contribution is 5.65. The van der Waals surface area contributed by atoms with E-state index in [-0.39, 0.29) is 5.75 Å². The number of nitrogens with zero attached hydrogens (tertiary/aromatic N) is 3. The van der Waals surface area contributed by atoms with Gasteiger partial charge in [0.2, 0.25) is 5.95 Å². The molecule has 1 saturated heterocycles. The van der Waals surface area contributed by atoms with Gasteiger partial charge in [-0.25, -0.2) is 4.39 Å². The predicted octanol–water partition coefficient (Wildman–Crippen LogP) is 5.61. The molecule has 4 aromatic rings. The summed E-state index contributed by atoms with van der Waals surface area (Å²) in [7, 11) is 3.04.